The lowest BCUT2D eigenvalue weighted by Gasteiger charge is -2.29. The second-order valence-electron chi connectivity index (χ2n) is 7.46. The first-order chi connectivity index (χ1) is 16.9. The van der Waals surface area contributed by atoms with Gasteiger partial charge in [0.15, 0.2) is 0 Å². The van der Waals surface area contributed by atoms with E-state index in [9.17, 15) is 14.9 Å². The number of thioether (sulfide) groups is 1. The zero-order valence-corrected chi connectivity index (χ0v) is 20.8. The average Bonchev–Trinajstić information content (AvgIpc) is 2.86. The number of benzene rings is 2. The predicted molar refractivity (Wildman–Crippen MR) is 138 cm³/mol. The first-order valence-electron chi connectivity index (χ1n) is 10.6. The second kappa shape index (κ2) is 12.2. The van der Waals surface area contributed by atoms with E-state index in [0.717, 1.165) is 0 Å². The summed E-state index contributed by atoms with van der Waals surface area (Å²) in [7, 11) is 1.55. The second-order valence-corrected chi connectivity index (χ2v) is 8.88. The van der Waals surface area contributed by atoms with Gasteiger partial charge in [0.25, 0.3) is 0 Å². The molecule has 35 heavy (non-hydrogen) atoms. The Morgan fingerprint density at radius 2 is 2.03 bits per heavy atom. The van der Waals surface area contributed by atoms with Crippen LogP contribution in [0.15, 0.2) is 83.1 Å². The molecule has 0 spiro atoms. The van der Waals surface area contributed by atoms with Gasteiger partial charge in [-0.25, -0.2) is 4.79 Å². The molecular formula is C26H24ClN3O4S. The molecule has 0 bridgehead atoms. The maximum atomic E-state index is 12.9. The Morgan fingerprint density at radius 1 is 1.29 bits per heavy atom. The lowest BCUT2D eigenvalue weighted by molar-refractivity contribution is -0.138. The molecule has 2 aromatic rings. The van der Waals surface area contributed by atoms with Crippen molar-refractivity contribution in [1.29, 1.82) is 5.26 Å². The van der Waals surface area contributed by atoms with Gasteiger partial charge in [0, 0.05) is 22.5 Å². The van der Waals surface area contributed by atoms with Crippen LogP contribution < -0.4 is 15.4 Å². The maximum absolute atomic E-state index is 12.9. The molecule has 2 N–H and O–H groups in total. The van der Waals surface area contributed by atoms with Gasteiger partial charge in [0.1, 0.15) is 12.4 Å². The monoisotopic (exact) mass is 509 g/mol. The molecule has 2 aromatic carbocycles. The molecule has 0 saturated carbocycles. The summed E-state index contributed by atoms with van der Waals surface area (Å²) in [6, 6.07) is 16.2. The van der Waals surface area contributed by atoms with Crippen LogP contribution in [0.4, 0.5) is 5.69 Å². The van der Waals surface area contributed by atoms with Crippen molar-refractivity contribution in [3.8, 4) is 11.8 Å². The van der Waals surface area contributed by atoms with Crippen molar-refractivity contribution in [2.24, 2.45) is 0 Å². The van der Waals surface area contributed by atoms with Crippen molar-refractivity contribution in [3.05, 3.63) is 93.6 Å². The number of nitrogens with zero attached hydrogens (tertiary/aromatic N) is 1. The van der Waals surface area contributed by atoms with Crippen LogP contribution in [0.1, 0.15) is 18.4 Å². The van der Waals surface area contributed by atoms with Crippen LogP contribution in [-0.2, 0) is 14.3 Å². The Labute approximate surface area is 213 Å². The molecule has 1 atom stereocenters. The number of nitriles is 1. The molecule has 0 aliphatic carbocycles. The van der Waals surface area contributed by atoms with E-state index in [-0.39, 0.29) is 18.3 Å². The number of carbonyl (C=O) groups excluding carboxylic acids is 2. The normalized spacial score (nSPS) is 15.1. The number of anilines is 1. The highest BCUT2D eigenvalue weighted by atomic mass is 35.5. The van der Waals surface area contributed by atoms with Crippen molar-refractivity contribution >= 4 is 40.9 Å². The van der Waals surface area contributed by atoms with Gasteiger partial charge in [0.2, 0.25) is 5.91 Å². The number of ether oxygens (including phenoxy) is 2. The smallest absolute Gasteiger partial charge is 0.337 e. The SMILES string of the molecule is C=CCOC(=O)C1=C(C)NC(SCC(=O)Nc2cccc(OC)c2)=C(C#N)[C@H]1c1ccc(Cl)cc1. The molecule has 0 aromatic heterocycles. The van der Waals surface area contributed by atoms with E-state index in [4.69, 9.17) is 21.1 Å². The fourth-order valence-corrected chi connectivity index (χ4v) is 4.55. The first kappa shape index (κ1) is 25.9. The van der Waals surface area contributed by atoms with Gasteiger partial charge >= 0.3 is 5.97 Å². The highest BCUT2D eigenvalue weighted by Crippen LogP contribution is 2.41. The van der Waals surface area contributed by atoms with Crippen molar-refractivity contribution < 1.29 is 19.1 Å². The summed E-state index contributed by atoms with van der Waals surface area (Å²) in [6.07, 6.45) is 1.48. The third-order valence-corrected chi connectivity index (χ3v) is 6.37. The van der Waals surface area contributed by atoms with Crippen molar-refractivity contribution in [2.45, 2.75) is 12.8 Å². The Morgan fingerprint density at radius 3 is 2.69 bits per heavy atom. The van der Waals surface area contributed by atoms with Crippen molar-refractivity contribution in [3.63, 3.8) is 0 Å². The minimum absolute atomic E-state index is 0.0423. The predicted octanol–water partition coefficient (Wildman–Crippen LogP) is 5.15. The number of carbonyl (C=O) groups is 2. The average molecular weight is 510 g/mol. The number of rotatable bonds is 9. The van der Waals surface area contributed by atoms with Crippen LogP contribution in [0.25, 0.3) is 0 Å². The summed E-state index contributed by atoms with van der Waals surface area (Å²) in [4.78, 5) is 25.5. The molecule has 1 heterocycles. The van der Waals surface area contributed by atoms with Crippen LogP contribution >= 0.6 is 23.4 Å². The molecule has 0 radical (unpaired) electrons. The van der Waals surface area contributed by atoms with Gasteiger partial charge in [-0.05, 0) is 36.8 Å². The summed E-state index contributed by atoms with van der Waals surface area (Å²) >= 11 is 7.23. The lowest BCUT2D eigenvalue weighted by Crippen LogP contribution is -2.29. The van der Waals surface area contributed by atoms with E-state index < -0.39 is 11.9 Å². The van der Waals surface area contributed by atoms with Crippen LogP contribution in [0.2, 0.25) is 5.02 Å². The zero-order chi connectivity index (χ0) is 25.4. The first-order valence-corrected chi connectivity index (χ1v) is 12.0. The number of esters is 1. The fraction of sp³-hybridized carbons (Fsp3) is 0.192. The Balaban J connectivity index is 1.88. The summed E-state index contributed by atoms with van der Waals surface area (Å²) in [6.45, 7) is 5.35. The Kier molecular flexibility index (Phi) is 9.01. The molecule has 9 heteroatoms. The molecule has 1 aliphatic heterocycles. The molecule has 0 saturated heterocycles. The number of amides is 1. The third kappa shape index (κ3) is 6.47. The minimum Gasteiger partial charge on any atom is -0.497 e. The number of hydrogen-bond acceptors (Lipinski definition) is 7. The maximum Gasteiger partial charge on any atom is 0.337 e. The standard InChI is InChI=1S/C26H24ClN3O4S/c1-4-12-34-26(32)23-16(2)29-25(21(14-28)24(23)17-8-10-18(27)11-9-17)35-15-22(31)30-19-6-5-7-20(13-19)33-3/h4-11,13,24,29H,1,12,15H2,2-3H3,(H,30,31)/t24-/m1/s1. The van der Waals surface area contributed by atoms with E-state index >= 15 is 0 Å². The van der Waals surface area contributed by atoms with Gasteiger partial charge in [-0.3, -0.25) is 4.79 Å². The fourth-order valence-electron chi connectivity index (χ4n) is 3.53. The van der Waals surface area contributed by atoms with E-state index in [0.29, 0.717) is 43.9 Å². The van der Waals surface area contributed by atoms with Gasteiger partial charge in [-0.2, -0.15) is 5.26 Å². The van der Waals surface area contributed by atoms with Crippen LogP contribution in [0.3, 0.4) is 0 Å². The molecule has 180 valence electrons. The number of allylic oxidation sites excluding steroid dienone is 2. The van der Waals surface area contributed by atoms with Gasteiger partial charge in [-0.15, -0.1) is 0 Å². The molecule has 3 rings (SSSR count). The summed E-state index contributed by atoms with van der Waals surface area (Å²) < 4.78 is 10.5. The summed E-state index contributed by atoms with van der Waals surface area (Å²) in [5.74, 6) is -0.819. The third-order valence-electron chi connectivity index (χ3n) is 5.10. The summed E-state index contributed by atoms with van der Waals surface area (Å²) in [5.41, 5.74) is 2.46. The lowest BCUT2D eigenvalue weighted by atomic mass is 9.82. The van der Waals surface area contributed by atoms with E-state index in [2.05, 4.69) is 23.3 Å². The number of hydrogen-bond donors (Lipinski definition) is 2. The molecule has 0 fully saturated rings. The highest BCUT2D eigenvalue weighted by Gasteiger charge is 2.35. The van der Waals surface area contributed by atoms with Gasteiger partial charge in [0.05, 0.1) is 41.0 Å². The molecule has 1 amide bonds. The molecule has 7 nitrogen and oxygen atoms in total. The number of dihydropyridines is 1. The van der Waals surface area contributed by atoms with E-state index in [1.165, 1.54) is 17.8 Å². The molecule has 0 unspecified atom stereocenters. The van der Waals surface area contributed by atoms with Crippen molar-refractivity contribution in [1.82, 2.24) is 5.32 Å². The highest BCUT2D eigenvalue weighted by molar-refractivity contribution is 8.03. The molecular weight excluding hydrogens is 486 g/mol. The van der Waals surface area contributed by atoms with Gasteiger partial charge < -0.3 is 20.1 Å². The number of halogens is 1. The van der Waals surface area contributed by atoms with Crippen LogP contribution in [0, 0.1) is 11.3 Å². The van der Waals surface area contributed by atoms with Gasteiger partial charge in [-0.1, -0.05) is 54.2 Å². The molecule has 1 aliphatic rings. The van der Waals surface area contributed by atoms with E-state index in [1.54, 1.807) is 62.6 Å². The van der Waals surface area contributed by atoms with Crippen LogP contribution in [-0.4, -0.2) is 31.3 Å². The quantitative estimate of drug-likeness (QED) is 0.356. The Bertz CT molecular complexity index is 1230. The Hall–Kier alpha value is -3.67. The largest absolute Gasteiger partial charge is 0.497 e. The summed E-state index contributed by atoms with van der Waals surface area (Å²) in [5, 5.41) is 17.0. The topological polar surface area (TPSA) is 100 Å². The zero-order valence-electron chi connectivity index (χ0n) is 19.3. The number of methoxy groups -OCH3 is 1. The van der Waals surface area contributed by atoms with Crippen LogP contribution in [0.5, 0.6) is 5.75 Å². The number of nitrogens with one attached hydrogen (secondary N) is 2. The van der Waals surface area contributed by atoms with Crippen molar-refractivity contribution in [2.75, 3.05) is 24.8 Å². The van der Waals surface area contributed by atoms with E-state index in [1.807, 2.05) is 0 Å². The minimum atomic E-state index is -0.681.